The zero-order valence-electron chi connectivity index (χ0n) is 18.3. The molecule has 4 rings (SSSR count). The number of anilines is 1. The maximum absolute atomic E-state index is 13.3. The number of benzene rings is 3. The first-order chi connectivity index (χ1) is 16.8. The molecule has 0 saturated carbocycles. The van der Waals surface area contributed by atoms with Crippen molar-refractivity contribution in [3.05, 3.63) is 97.4 Å². The minimum atomic E-state index is -0.560. The zero-order valence-corrected chi connectivity index (χ0v) is 22.3. The molecule has 9 heteroatoms. The molecule has 2 amide bonds. The van der Waals surface area contributed by atoms with Crippen LogP contribution in [0.4, 0.5) is 5.69 Å². The summed E-state index contributed by atoms with van der Waals surface area (Å²) in [6.07, 6.45) is 1.51. The molecule has 3 aromatic carbocycles. The summed E-state index contributed by atoms with van der Waals surface area (Å²) in [5.41, 5.74) is 3.33. The number of ether oxygens (including phenoxy) is 1. The van der Waals surface area contributed by atoms with Crippen LogP contribution in [-0.4, -0.2) is 16.9 Å². The van der Waals surface area contributed by atoms with Gasteiger partial charge in [0.1, 0.15) is 17.9 Å². The Hall–Kier alpha value is -3.32. The minimum absolute atomic E-state index is 0.0325. The molecule has 0 aromatic heterocycles. The van der Waals surface area contributed by atoms with E-state index in [9.17, 15) is 14.9 Å². The van der Waals surface area contributed by atoms with Crippen molar-refractivity contribution in [2.45, 2.75) is 13.5 Å². The highest BCUT2D eigenvalue weighted by Gasteiger charge is 2.35. The van der Waals surface area contributed by atoms with Gasteiger partial charge in [-0.2, -0.15) is 5.26 Å². The van der Waals surface area contributed by atoms with Gasteiger partial charge in [0.2, 0.25) is 0 Å². The molecule has 0 aliphatic carbocycles. The Balaban J connectivity index is 1.59. The molecule has 35 heavy (non-hydrogen) atoms. The van der Waals surface area contributed by atoms with E-state index in [1.54, 1.807) is 36.4 Å². The van der Waals surface area contributed by atoms with Crippen LogP contribution in [0.2, 0.25) is 0 Å². The summed E-state index contributed by atoms with van der Waals surface area (Å²) in [6, 6.07) is 20.0. The highest BCUT2D eigenvalue weighted by molar-refractivity contribution is 9.10. The van der Waals surface area contributed by atoms with Crippen LogP contribution >= 0.6 is 44.1 Å². The quantitative estimate of drug-likeness (QED) is 0.224. The highest BCUT2D eigenvalue weighted by atomic mass is 79.9. The van der Waals surface area contributed by atoms with E-state index < -0.39 is 11.8 Å². The molecule has 0 radical (unpaired) electrons. The lowest BCUT2D eigenvalue weighted by atomic mass is 10.1. The third-order valence-corrected chi connectivity index (χ3v) is 6.69. The van der Waals surface area contributed by atoms with E-state index in [0.29, 0.717) is 27.0 Å². The smallest absolute Gasteiger partial charge is 0.270 e. The number of halogens is 2. The second-order valence-corrected chi connectivity index (χ2v) is 9.79. The molecule has 0 spiro atoms. The van der Waals surface area contributed by atoms with Crippen LogP contribution in [0.1, 0.15) is 22.3 Å². The van der Waals surface area contributed by atoms with E-state index in [1.165, 1.54) is 11.0 Å². The molecule has 1 aliphatic rings. The zero-order chi connectivity index (χ0) is 25.1. The van der Waals surface area contributed by atoms with E-state index in [1.807, 2.05) is 31.2 Å². The van der Waals surface area contributed by atoms with Crippen molar-refractivity contribution in [3.8, 4) is 11.8 Å². The van der Waals surface area contributed by atoms with Crippen molar-refractivity contribution in [1.29, 1.82) is 5.26 Å². The summed E-state index contributed by atoms with van der Waals surface area (Å²) in [7, 11) is 0. The second-order valence-electron chi connectivity index (χ2n) is 7.64. The Morgan fingerprint density at radius 3 is 2.60 bits per heavy atom. The van der Waals surface area contributed by atoms with E-state index >= 15 is 0 Å². The molecule has 174 valence electrons. The summed E-state index contributed by atoms with van der Waals surface area (Å²) >= 11 is 12.2. The van der Waals surface area contributed by atoms with Crippen LogP contribution in [0.3, 0.4) is 0 Å². The predicted molar refractivity (Wildman–Crippen MR) is 145 cm³/mol. The Morgan fingerprint density at radius 1 is 1.11 bits per heavy atom. The van der Waals surface area contributed by atoms with Gasteiger partial charge in [-0.25, -0.2) is 0 Å². The molecular formula is C26H17Br2N3O3S. The number of hydrogen-bond donors (Lipinski definition) is 1. The molecular weight excluding hydrogens is 594 g/mol. The lowest BCUT2D eigenvalue weighted by Gasteiger charge is -2.30. The van der Waals surface area contributed by atoms with Crippen LogP contribution in [0.25, 0.3) is 6.08 Å². The van der Waals surface area contributed by atoms with E-state index in [2.05, 4.69) is 43.2 Å². The summed E-state index contributed by atoms with van der Waals surface area (Å²) in [6.45, 7) is 2.09. The van der Waals surface area contributed by atoms with Gasteiger partial charge in [-0.05, 0) is 88.7 Å². The molecule has 1 heterocycles. The molecule has 1 fully saturated rings. The highest BCUT2D eigenvalue weighted by Crippen LogP contribution is 2.30. The molecule has 1 N–H and O–H groups in total. The van der Waals surface area contributed by atoms with Crippen LogP contribution in [0.5, 0.6) is 5.75 Å². The number of nitriles is 1. The van der Waals surface area contributed by atoms with Gasteiger partial charge >= 0.3 is 0 Å². The standard InChI is InChI=1S/C26H17Br2N3O3S/c1-15-10-19(27)7-8-22(15)31-25(33)20(24(32)30-26(31)35)11-16-6-9-23(21(28)12-16)34-14-18-5-3-2-4-17(18)13-29/h2-12H,14H2,1H3,(H,30,32,35)/b20-11+. The van der Waals surface area contributed by atoms with Crippen molar-refractivity contribution in [3.63, 3.8) is 0 Å². The maximum Gasteiger partial charge on any atom is 0.270 e. The van der Waals surface area contributed by atoms with E-state index in [0.717, 1.165) is 15.6 Å². The molecule has 1 aliphatic heterocycles. The third kappa shape index (κ3) is 5.35. The Bertz CT molecular complexity index is 1450. The molecule has 3 aromatic rings. The van der Waals surface area contributed by atoms with Crippen molar-refractivity contribution < 1.29 is 14.3 Å². The third-order valence-electron chi connectivity index (χ3n) is 5.29. The van der Waals surface area contributed by atoms with Crippen molar-refractivity contribution >= 4 is 72.8 Å². The maximum atomic E-state index is 13.3. The van der Waals surface area contributed by atoms with Gasteiger partial charge in [0.05, 0.1) is 21.8 Å². The topological polar surface area (TPSA) is 82.4 Å². The number of carbonyl (C=O) groups excluding carboxylic acids is 2. The van der Waals surface area contributed by atoms with Gasteiger partial charge in [-0.15, -0.1) is 0 Å². The van der Waals surface area contributed by atoms with Gasteiger partial charge < -0.3 is 4.74 Å². The van der Waals surface area contributed by atoms with Crippen LogP contribution in [0, 0.1) is 18.3 Å². The molecule has 1 saturated heterocycles. The van der Waals surface area contributed by atoms with Crippen LogP contribution < -0.4 is 15.0 Å². The number of carbonyl (C=O) groups is 2. The number of thiocarbonyl (C=S) groups is 1. The first kappa shape index (κ1) is 24.8. The second kappa shape index (κ2) is 10.5. The summed E-state index contributed by atoms with van der Waals surface area (Å²) in [5.74, 6) is -0.503. The largest absolute Gasteiger partial charge is 0.488 e. The lowest BCUT2D eigenvalue weighted by molar-refractivity contribution is -0.122. The number of hydrogen-bond acceptors (Lipinski definition) is 5. The molecule has 0 atom stereocenters. The Kier molecular flexibility index (Phi) is 7.45. The van der Waals surface area contributed by atoms with E-state index in [4.69, 9.17) is 17.0 Å². The van der Waals surface area contributed by atoms with E-state index in [-0.39, 0.29) is 17.3 Å². The molecule has 6 nitrogen and oxygen atoms in total. The predicted octanol–water partition coefficient (Wildman–Crippen LogP) is 5.80. The fraction of sp³-hybridized carbons (Fsp3) is 0.0769. The molecule has 0 bridgehead atoms. The van der Waals surface area contributed by atoms with Crippen molar-refractivity contribution in [2.75, 3.05) is 4.90 Å². The summed E-state index contributed by atoms with van der Waals surface area (Å²) in [4.78, 5) is 27.2. The fourth-order valence-corrected chi connectivity index (χ4v) is 4.81. The van der Waals surface area contributed by atoms with Gasteiger partial charge in [-0.3, -0.25) is 19.8 Å². The Labute approximate surface area is 224 Å². The van der Waals surface area contributed by atoms with Crippen molar-refractivity contribution in [1.82, 2.24) is 5.32 Å². The average Bonchev–Trinajstić information content (AvgIpc) is 2.82. The Morgan fingerprint density at radius 2 is 1.89 bits per heavy atom. The van der Waals surface area contributed by atoms with Gasteiger partial charge in [0.25, 0.3) is 11.8 Å². The number of rotatable bonds is 5. The number of aryl methyl sites for hydroxylation is 1. The lowest BCUT2D eigenvalue weighted by Crippen LogP contribution is -2.54. The van der Waals surface area contributed by atoms with Gasteiger partial charge in [0, 0.05) is 10.0 Å². The van der Waals surface area contributed by atoms with Crippen LogP contribution in [-0.2, 0) is 16.2 Å². The SMILES string of the molecule is Cc1cc(Br)ccc1N1C(=O)/C(=C/c2ccc(OCc3ccccc3C#N)c(Br)c2)C(=O)NC1=S. The minimum Gasteiger partial charge on any atom is -0.488 e. The number of amides is 2. The average molecular weight is 611 g/mol. The summed E-state index contributed by atoms with van der Waals surface area (Å²) < 4.78 is 7.38. The van der Waals surface area contributed by atoms with Gasteiger partial charge in [-0.1, -0.05) is 40.2 Å². The molecule has 0 unspecified atom stereocenters. The first-order valence-corrected chi connectivity index (χ1v) is 12.4. The van der Waals surface area contributed by atoms with Gasteiger partial charge in [0.15, 0.2) is 5.11 Å². The fourth-order valence-electron chi connectivity index (χ4n) is 3.55. The number of nitrogens with zero attached hydrogens (tertiary/aromatic N) is 2. The first-order valence-electron chi connectivity index (χ1n) is 10.4. The monoisotopic (exact) mass is 609 g/mol. The van der Waals surface area contributed by atoms with Crippen molar-refractivity contribution in [2.24, 2.45) is 0 Å². The summed E-state index contributed by atoms with van der Waals surface area (Å²) in [5, 5.41) is 11.9. The normalized spacial score (nSPS) is 14.6. The van der Waals surface area contributed by atoms with Crippen LogP contribution in [0.15, 0.2) is 75.2 Å². The number of nitrogens with one attached hydrogen (secondary N) is 1.